The van der Waals surface area contributed by atoms with Crippen molar-refractivity contribution < 1.29 is 4.92 Å². The maximum atomic E-state index is 10.6. The molecule has 21 heavy (non-hydrogen) atoms. The molecule has 118 valence electrons. The second-order valence-corrected chi connectivity index (χ2v) is 5.36. The molecule has 0 heterocycles. The molecule has 1 aromatic rings. The average molecular weight is 293 g/mol. The zero-order valence-corrected chi connectivity index (χ0v) is 13.0. The molecule has 0 amide bonds. The van der Waals surface area contributed by atoms with Crippen LogP contribution in [0.2, 0.25) is 0 Å². The number of non-ortho nitro benzene ring substituents is 1. The van der Waals surface area contributed by atoms with E-state index in [4.69, 9.17) is 5.73 Å². The lowest BCUT2D eigenvalue weighted by Gasteiger charge is -2.21. The van der Waals surface area contributed by atoms with Gasteiger partial charge in [-0.05, 0) is 50.9 Å². The Kier molecular flexibility index (Phi) is 8.62. The number of nitro groups is 1. The fraction of sp³-hybridized carbons (Fsp3) is 0.625. The summed E-state index contributed by atoms with van der Waals surface area (Å²) in [5.41, 5.74) is 6.83. The third-order valence-electron chi connectivity index (χ3n) is 3.58. The van der Waals surface area contributed by atoms with Crippen molar-refractivity contribution in [1.82, 2.24) is 4.90 Å². The third kappa shape index (κ3) is 7.20. The van der Waals surface area contributed by atoms with Crippen molar-refractivity contribution in [2.75, 3.05) is 26.2 Å². The molecule has 2 N–H and O–H groups in total. The van der Waals surface area contributed by atoms with Gasteiger partial charge in [0.15, 0.2) is 0 Å². The van der Waals surface area contributed by atoms with E-state index in [2.05, 4.69) is 11.8 Å². The van der Waals surface area contributed by atoms with E-state index in [0.29, 0.717) is 0 Å². The first-order valence-corrected chi connectivity index (χ1v) is 7.83. The van der Waals surface area contributed by atoms with E-state index in [9.17, 15) is 10.1 Å². The van der Waals surface area contributed by atoms with Crippen LogP contribution in [-0.4, -0.2) is 36.0 Å². The maximum absolute atomic E-state index is 10.6. The summed E-state index contributed by atoms with van der Waals surface area (Å²) in [5.74, 6) is 0. The Balaban J connectivity index is 2.39. The van der Waals surface area contributed by atoms with Gasteiger partial charge in [0.2, 0.25) is 0 Å². The van der Waals surface area contributed by atoms with Crippen LogP contribution in [-0.2, 0) is 6.42 Å². The largest absolute Gasteiger partial charge is 0.330 e. The summed E-state index contributed by atoms with van der Waals surface area (Å²) in [5, 5.41) is 10.6. The minimum absolute atomic E-state index is 0.158. The van der Waals surface area contributed by atoms with Gasteiger partial charge in [0.25, 0.3) is 5.69 Å². The lowest BCUT2D eigenvalue weighted by Crippen LogP contribution is -2.28. The van der Waals surface area contributed by atoms with Crippen molar-refractivity contribution in [2.45, 2.75) is 39.0 Å². The Labute approximate surface area is 127 Å². The maximum Gasteiger partial charge on any atom is 0.269 e. The molecule has 0 aliphatic heterocycles. The lowest BCUT2D eigenvalue weighted by molar-refractivity contribution is -0.384. The first-order valence-electron chi connectivity index (χ1n) is 7.83. The predicted octanol–water partition coefficient (Wildman–Crippen LogP) is 2.98. The summed E-state index contributed by atoms with van der Waals surface area (Å²) in [6.45, 7) is 6.19. The van der Waals surface area contributed by atoms with Crippen LogP contribution in [0.25, 0.3) is 0 Å². The van der Waals surface area contributed by atoms with Crippen molar-refractivity contribution in [3.63, 3.8) is 0 Å². The van der Waals surface area contributed by atoms with Crippen molar-refractivity contribution in [2.24, 2.45) is 5.73 Å². The Bertz CT molecular complexity index is 406. The summed E-state index contributed by atoms with van der Waals surface area (Å²) in [7, 11) is 0. The van der Waals surface area contributed by atoms with E-state index in [-0.39, 0.29) is 10.6 Å². The number of nitrogens with two attached hydrogens (primary N) is 1. The highest BCUT2D eigenvalue weighted by Gasteiger charge is 2.06. The van der Waals surface area contributed by atoms with E-state index in [1.807, 2.05) is 12.1 Å². The molecule has 0 aliphatic rings. The van der Waals surface area contributed by atoms with Crippen LogP contribution in [0.4, 0.5) is 5.69 Å². The molecule has 5 heteroatoms. The summed E-state index contributed by atoms with van der Waals surface area (Å²) in [4.78, 5) is 12.7. The average Bonchev–Trinajstić information content (AvgIpc) is 2.49. The Morgan fingerprint density at radius 3 is 2.38 bits per heavy atom. The zero-order chi connectivity index (χ0) is 15.5. The van der Waals surface area contributed by atoms with Gasteiger partial charge in [-0.3, -0.25) is 10.1 Å². The number of nitro benzene ring substituents is 1. The number of rotatable bonds is 11. The molecule has 0 spiro atoms. The molecule has 5 nitrogen and oxygen atoms in total. The molecule has 0 bridgehead atoms. The number of nitrogens with zero attached hydrogens (tertiary/aromatic N) is 2. The molecule has 0 aromatic heterocycles. The van der Waals surface area contributed by atoms with Gasteiger partial charge in [0.05, 0.1) is 4.92 Å². The predicted molar refractivity (Wildman–Crippen MR) is 86.4 cm³/mol. The van der Waals surface area contributed by atoms with Crippen LogP contribution in [0.3, 0.4) is 0 Å². The van der Waals surface area contributed by atoms with Gasteiger partial charge in [-0.15, -0.1) is 0 Å². The molecular weight excluding hydrogens is 266 g/mol. The molecule has 0 saturated heterocycles. The highest BCUT2D eigenvalue weighted by Crippen LogP contribution is 2.12. The fourth-order valence-electron chi connectivity index (χ4n) is 2.38. The second-order valence-electron chi connectivity index (χ2n) is 5.36. The van der Waals surface area contributed by atoms with E-state index in [1.54, 1.807) is 12.1 Å². The van der Waals surface area contributed by atoms with Crippen LogP contribution in [0.1, 0.15) is 38.2 Å². The minimum Gasteiger partial charge on any atom is -0.330 e. The van der Waals surface area contributed by atoms with E-state index in [1.165, 1.54) is 12.8 Å². The SMILES string of the molecule is CCCN(CCCCCN)CCc1ccc([N+](=O)[O-])cc1. The van der Waals surface area contributed by atoms with Crippen LogP contribution >= 0.6 is 0 Å². The Hall–Kier alpha value is -1.46. The minimum atomic E-state index is -0.357. The standard InChI is InChI=1S/C16H27N3O2/c1-2-12-18(13-5-3-4-11-17)14-10-15-6-8-16(9-7-15)19(20)21/h6-9H,2-5,10-14,17H2,1H3. The monoisotopic (exact) mass is 293 g/mol. The highest BCUT2D eigenvalue weighted by atomic mass is 16.6. The molecule has 0 aliphatic carbocycles. The highest BCUT2D eigenvalue weighted by molar-refractivity contribution is 5.32. The quantitative estimate of drug-likeness (QED) is 0.387. The molecule has 0 atom stereocenters. The fourth-order valence-corrected chi connectivity index (χ4v) is 2.38. The van der Waals surface area contributed by atoms with Crippen LogP contribution in [0.5, 0.6) is 0 Å². The number of benzene rings is 1. The smallest absolute Gasteiger partial charge is 0.269 e. The van der Waals surface area contributed by atoms with Gasteiger partial charge in [0, 0.05) is 18.7 Å². The van der Waals surface area contributed by atoms with Gasteiger partial charge < -0.3 is 10.6 Å². The van der Waals surface area contributed by atoms with Crippen molar-refractivity contribution in [3.8, 4) is 0 Å². The number of unbranched alkanes of at least 4 members (excludes halogenated alkanes) is 2. The normalized spacial score (nSPS) is 11.0. The Morgan fingerprint density at radius 2 is 1.81 bits per heavy atom. The first kappa shape index (κ1) is 17.6. The van der Waals surface area contributed by atoms with Gasteiger partial charge in [-0.1, -0.05) is 25.5 Å². The third-order valence-corrected chi connectivity index (χ3v) is 3.58. The molecule has 0 radical (unpaired) electrons. The number of hydrogen-bond acceptors (Lipinski definition) is 4. The van der Waals surface area contributed by atoms with Crippen LogP contribution < -0.4 is 5.73 Å². The van der Waals surface area contributed by atoms with E-state index in [0.717, 1.165) is 51.0 Å². The summed E-state index contributed by atoms with van der Waals surface area (Å²) in [6.07, 6.45) is 5.57. The van der Waals surface area contributed by atoms with Gasteiger partial charge in [0.1, 0.15) is 0 Å². The molecular formula is C16H27N3O2. The lowest BCUT2D eigenvalue weighted by atomic mass is 10.1. The molecule has 0 saturated carbocycles. The Morgan fingerprint density at radius 1 is 1.10 bits per heavy atom. The summed E-state index contributed by atoms with van der Waals surface area (Å²) < 4.78 is 0. The van der Waals surface area contributed by atoms with Gasteiger partial charge in [-0.25, -0.2) is 0 Å². The number of hydrogen-bond donors (Lipinski definition) is 1. The van der Waals surface area contributed by atoms with Crippen molar-refractivity contribution in [1.29, 1.82) is 0 Å². The zero-order valence-electron chi connectivity index (χ0n) is 13.0. The van der Waals surface area contributed by atoms with E-state index < -0.39 is 0 Å². The topological polar surface area (TPSA) is 72.4 Å². The summed E-state index contributed by atoms with van der Waals surface area (Å²) in [6, 6.07) is 6.88. The van der Waals surface area contributed by atoms with E-state index >= 15 is 0 Å². The molecule has 0 fully saturated rings. The van der Waals surface area contributed by atoms with Gasteiger partial charge >= 0.3 is 0 Å². The second kappa shape index (κ2) is 10.3. The van der Waals surface area contributed by atoms with Gasteiger partial charge in [-0.2, -0.15) is 0 Å². The molecule has 0 unspecified atom stereocenters. The van der Waals surface area contributed by atoms with Crippen molar-refractivity contribution >= 4 is 5.69 Å². The van der Waals surface area contributed by atoms with Crippen LogP contribution in [0, 0.1) is 10.1 Å². The summed E-state index contributed by atoms with van der Waals surface area (Å²) >= 11 is 0. The first-order chi connectivity index (χ1) is 10.2. The van der Waals surface area contributed by atoms with Crippen LogP contribution in [0.15, 0.2) is 24.3 Å². The molecule has 1 aromatic carbocycles. The molecule has 1 rings (SSSR count). The van der Waals surface area contributed by atoms with Crippen molar-refractivity contribution in [3.05, 3.63) is 39.9 Å².